The number of carbonyl (C=O) groups is 1. The monoisotopic (exact) mass is 210 g/mol. The standard InChI is InChI=1S/C11H14O4/c1-8(11(12)13)7-15-10-5-3-4-9(6-10)14-2/h3-6,8H,7H2,1-2H3,(H,12,13)/t8-/m1/s1. The fourth-order valence-electron chi connectivity index (χ4n) is 0.983. The molecule has 1 N–H and O–H groups in total. The number of methoxy groups -OCH3 is 1. The summed E-state index contributed by atoms with van der Waals surface area (Å²) in [5.41, 5.74) is 0. The first-order valence-electron chi connectivity index (χ1n) is 4.63. The zero-order valence-corrected chi connectivity index (χ0v) is 8.77. The highest BCUT2D eigenvalue weighted by atomic mass is 16.5. The van der Waals surface area contributed by atoms with Crippen molar-refractivity contribution in [3.05, 3.63) is 24.3 Å². The Bertz CT molecular complexity index is 335. The van der Waals surface area contributed by atoms with Crippen LogP contribution in [0.4, 0.5) is 0 Å². The summed E-state index contributed by atoms with van der Waals surface area (Å²) in [5.74, 6) is -0.0768. The van der Waals surface area contributed by atoms with Gasteiger partial charge in [0.1, 0.15) is 18.1 Å². The molecular weight excluding hydrogens is 196 g/mol. The van der Waals surface area contributed by atoms with Crippen molar-refractivity contribution in [2.45, 2.75) is 6.92 Å². The molecule has 1 atom stereocenters. The highest BCUT2D eigenvalue weighted by molar-refractivity contribution is 5.69. The van der Waals surface area contributed by atoms with E-state index >= 15 is 0 Å². The number of ether oxygens (including phenoxy) is 2. The average molecular weight is 210 g/mol. The molecule has 1 rings (SSSR count). The van der Waals surface area contributed by atoms with E-state index in [4.69, 9.17) is 14.6 Å². The number of hydrogen-bond donors (Lipinski definition) is 1. The summed E-state index contributed by atoms with van der Waals surface area (Å²) in [5, 5.41) is 8.66. The van der Waals surface area contributed by atoms with Crippen molar-refractivity contribution in [2.24, 2.45) is 5.92 Å². The first kappa shape index (κ1) is 11.4. The van der Waals surface area contributed by atoms with Gasteiger partial charge in [0.25, 0.3) is 0 Å². The second-order valence-electron chi connectivity index (χ2n) is 3.23. The third-order valence-electron chi connectivity index (χ3n) is 1.96. The molecule has 0 aliphatic rings. The van der Waals surface area contributed by atoms with Gasteiger partial charge in [0.2, 0.25) is 0 Å². The molecule has 82 valence electrons. The van der Waals surface area contributed by atoms with E-state index in [1.54, 1.807) is 38.3 Å². The molecule has 0 radical (unpaired) electrons. The van der Waals surface area contributed by atoms with Crippen molar-refractivity contribution in [1.29, 1.82) is 0 Å². The van der Waals surface area contributed by atoms with E-state index in [1.165, 1.54) is 0 Å². The van der Waals surface area contributed by atoms with E-state index in [9.17, 15) is 4.79 Å². The molecule has 0 bridgehead atoms. The van der Waals surface area contributed by atoms with Gasteiger partial charge in [-0.2, -0.15) is 0 Å². The van der Waals surface area contributed by atoms with Crippen molar-refractivity contribution >= 4 is 5.97 Å². The van der Waals surface area contributed by atoms with Gasteiger partial charge in [0.05, 0.1) is 13.0 Å². The number of carboxylic acid groups (broad SMARTS) is 1. The van der Waals surface area contributed by atoms with Crippen molar-refractivity contribution < 1.29 is 19.4 Å². The summed E-state index contributed by atoms with van der Waals surface area (Å²) < 4.78 is 10.3. The molecule has 0 fully saturated rings. The van der Waals surface area contributed by atoms with Crippen LogP contribution in [-0.2, 0) is 4.79 Å². The minimum atomic E-state index is -0.863. The number of hydrogen-bond acceptors (Lipinski definition) is 3. The van der Waals surface area contributed by atoms with Crippen LogP contribution in [0.5, 0.6) is 11.5 Å². The van der Waals surface area contributed by atoms with Gasteiger partial charge in [-0.05, 0) is 19.1 Å². The molecule has 15 heavy (non-hydrogen) atoms. The van der Waals surface area contributed by atoms with Gasteiger partial charge in [-0.25, -0.2) is 0 Å². The molecule has 0 spiro atoms. The van der Waals surface area contributed by atoms with Gasteiger partial charge in [0, 0.05) is 6.07 Å². The van der Waals surface area contributed by atoms with E-state index in [1.807, 2.05) is 0 Å². The van der Waals surface area contributed by atoms with Crippen molar-refractivity contribution in [3.8, 4) is 11.5 Å². The van der Waals surface area contributed by atoms with Crippen LogP contribution < -0.4 is 9.47 Å². The summed E-state index contributed by atoms with van der Waals surface area (Å²) in [6.45, 7) is 1.75. The van der Waals surface area contributed by atoms with E-state index in [-0.39, 0.29) is 6.61 Å². The normalized spacial score (nSPS) is 11.9. The van der Waals surface area contributed by atoms with Crippen LogP contribution in [0.3, 0.4) is 0 Å². The molecule has 0 aromatic heterocycles. The number of carboxylic acids is 1. The van der Waals surface area contributed by atoms with Crippen LogP contribution in [0.25, 0.3) is 0 Å². The van der Waals surface area contributed by atoms with E-state index in [0.29, 0.717) is 11.5 Å². The van der Waals surface area contributed by atoms with Crippen LogP contribution in [0, 0.1) is 5.92 Å². The first-order chi connectivity index (χ1) is 7.13. The highest BCUT2D eigenvalue weighted by Gasteiger charge is 2.11. The smallest absolute Gasteiger partial charge is 0.309 e. The van der Waals surface area contributed by atoms with Gasteiger partial charge in [-0.3, -0.25) is 4.79 Å². The number of rotatable bonds is 5. The lowest BCUT2D eigenvalue weighted by atomic mass is 10.2. The summed E-state index contributed by atoms with van der Waals surface area (Å²) >= 11 is 0. The molecule has 4 heteroatoms. The quantitative estimate of drug-likeness (QED) is 0.805. The largest absolute Gasteiger partial charge is 0.497 e. The van der Waals surface area contributed by atoms with Crippen LogP contribution >= 0.6 is 0 Å². The van der Waals surface area contributed by atoms with E-state index < -0.39 is 11.9 Å². The number of benzene rings is 1. The SMILES string of the molecule is COc1cccc(OC[C@@H](C)C(=O)O)c1. The Hall–Kier alpha value is -1.71. The van der Waals surface area contributed by atoms with Gasteiger partial charge in [-0.1, -0.05) is 6.07 Å². The fourth-order valence-corrected chi connectivity index (χ4v) is 0.983. The maximum Gasteiger partial charge on any atom is 0.309 e. The minimum Gasteiger partial charge on any atom is -0.497 e. The summed E-state index contributed by atoms with van der Waals surface area (Å²) in [6, 6.07) is 7.07. The van der Waals surface area contributed by atoms with Gasteiger partial charge < -0.3 is 14.6 Å². The predicted molar refractivity (Wildman–Crippen MR) is 55.3 cm³/mol. The summed E-state index contributed by atoms with van der Waals surface area (Å²) in [7, 11) is 1.57. The highest BCUT2D eigenvalue weighted by Crippen LogP contribution is 2.19. The summed E-state index contributed by atoms with van der Waals surface area (Å²) in [6.07, 6.45) is 0. The summed E-state index contributed by atoms with van der Waals surface area (Å²) in [4.78, 5) is 10.5. The maximum absolute atomic E-state index is 10.5. The van der Waals surface area contributed by atoms with E-state index in [2.05, 4.69) is 0 Å². The topological polar surface area (TPSA) is 55.8 Å². The zero-order chi connectivity index (χ0) is 11.3. The molecule has 1 aromatic rings. The lowest BCUT2D eigenvalue weighted by molar-refractivity contribution is -0.142. The Labute approximate surface area is 88.4 Å². The molecule has 1 aromatic carbocycles. The molecule has 0 saturated heterocycles. The fraction of sp³-hybridized carbons (Fsp3) is 0.364. The van der Waals surface area contributed by atoms with Crippen LogP contribution in [-0.4, -0.2) is 24.8 Å². The second kappa shape index (κ2) is 5.24. The molecule has 0 unspecified atom stereocenters. The average Bonchev–Trinajstić information content (AvgIpc) is 2.26. The molecule has 0 saturated carbocycles. The van der Waals surface area contributed by atoms with Gasteiger partial charge in [-0.15, -0.1) is 0 Å². The molecular formula is C11H14O4. The van der Waals surface area contributed by atoms with Crippen molar-refractivity contribution in [1.82, 2.24) is 0 Å². The molecule has 0 heterocycles. The Kier molecular flexibility index (Phi) is 3.97. The molecule has 0 aliphatic heterocycles. The Balaban J connectivity index is 2.53. The van der Waals surface area contributed by atoms with E-state index in [0.717, 1.165) is 0 Å². The number of aliphatic carboxylic acids is 1. The molecule has 0 aliphatic carbocycles. The Morgan fingerprint density at radius 1 is 1.47 bits per heavy atom. The Morgan fingerprint density at radius 3 is 2.73 bits per heavy atom. The van der Waals surface area contributed by atoms with Crippen LogP contribution in [0.15, 0.2) is 24.3 Å². The van der Waals surface area contributed by atoms with Gasteiger partial charge in [0.15, 0.2) is 0 Å². The molecule has 4 nitrogen and oxygen atoms in total. The third kappa shape index (κ3) is 3.50. The third-order valence-corrected chi connectivity index (χ3v) is 1.96. The van der Waals surface area contributed by atoms with Gasteiger partial charge >= 0.3 is 5.97 Å². The molecule has 0 amide bonds. The first-order valence-corrected chi connectivity index (χ1v) is 4.63. The predicted octanol–water partition coefficient (Wildman–Crippen LogP) is 1.79. The maximum atomic E-state index is 10.5. The lowest BCUT2D eigenvalue weighted by Gasteiger charge is -2.09. The minimum absolute atomic E-state index is 0.155. The second-order valence-corrected chi connectivity index (χ2v) is 3.23. The Morgan fingerprint density at radius 2 is 2.13 bits per heavy atom. The van der Waals surface area contributed by atoms with Crippen molar-refractivity contribution in [2.75, 3.05) is 13.7 Å². The van der Waals surface area contributed by atoms with Crippen LogP contribution in [0.1, 0.15) is 6.92 Å². The van der Waals surface area contributed by atoms with Crippen LogP contribution in [0.2, 0.25) is 0 Å². The lowest BCUT2D eigenvalue weighted by Crippen LogP contribution is -2.17. The zero-order valence-electron chi connectivity index (χ0n) is 8.77. The van der Waals surface area contributed by atoms with Crippen molar-refractivity contribution in [3.63, 3.8) is 0 Å².